The van der Waals surface area contributed by atoms with E-state index in [9.17, 15) is 18.3 Å². The maximum absolute atomic E-state index is 12.2. The fraction of sp³-hybridized carbons (Fsp3) is 0.571. The smallest absolute Gasteiger partial charge is 0.406 e. The summed E-state index contributed by atoms with van der Waals surface area (Å²) in [4.78, 5) is 6.81. The van der Waals surface area contributed by atoms with Gasteiger partial charge in [0.05, 0.1) is 12.6 Å². The van der Waals surface area contributed by atoms with E-state index in [0.29, 0.717) is 24.1 Å². The molecular weight excluding hydrogens is 524 g/mol. The maximum atomic E-state index is 12.2. The van der Waals surface area contributed by atoms with E-state index in [0.717, 1.165) is 38.0 Å². The van der Waals surface area contributed by atoms with Gasteiger partial charge in [0.25, 0.3) is 0 Å². The molecule has 1 unspecified atom stereocenters. The number of hydrogen-bond donors (Lipinski definition) is 3. The SMILES string of the molecule is C=C(C)CN1CCC(NC(=NCC(O)c2ccc(OC(F)(F)F)cc2)NCC)CC1.I. The molecule has 1 aromatic carbocycles. The minimum atomic E-state index is -4.74. The number of alkyl halides is 3. The number of aliphatic hydroxyl groups is 1. The number of nitrogens with zero attached hydrogens (tertiary/aromatic N) is 2. The van der Waals surface area contributed by atoms with Gasteiger partial charge in [0.1, 0.15) is 5.75 Å². The first-order chi connectivity index (χ1) is 14.2. The van der Waals surface area contributed by atoms with Gasteiger partial charge in [0, 0.05) is 32.2 Å². The van der Waals surface area contributed by atoms with Crippen molar-refractivity contribution in [2.45, 2.75) is 45.2 Å². The molecule has 1 aromatic rings. The Morgan fingerprint density at radius 1 is 1.29 bits per heavy atom. The molecule has 1 fully saturated rings. The molecule has 1 heterocycles. The zero-order chi connectivity index (χ0) is 22.1. The number of hydrogen-bond acceptors (Lipinski definition) is 4. The highest BCUT2D eigenvalue weighted by atomic mass is 127. The van der Waals surface area contributed by atoms with Crippen molar-refractivity contribution in [2.75, 3.05) is 32.7 Å². The Hall–Kier alpha value is -1.53. The molecule has 31 heavy (non-hydrogen) atoms. The lowest BCUT2D eigenvalue weighted by Gasteiger charge is -2.33. The zero-order valence-electron chi connectivity index (χ0n) is 17.9. The highest BCUT2D eigenvalue weighted by molar-refractivity contribution is 14.0. The lowest BCUT2D eigenvalue weighted by atomic mass is 10.0. The van der Waals surface area contributed by atoms with Crippen LogP contribution in [0.5, 0.6) is 5.75 Å². The van der Waals surface area contributed by atoms with Crippen LogP contribution in [0, 0.1) is 0 Å². The molecule has 6 nitrogen and oxygen atoms in total. The molecule has 0 amide bonds. The molecule has 1 aliphatic heterocycles. The van der Waals surface area contributed by atoms with Crippen LogP contribution in [-0.4, -0.2) is 61.1 Å². The minimum absolute atomic E-state index is 0. The molecule has 2 rings (SSSR count). The third kappa shape index (κ3) is 10.6. The summed E-state index contributed by atoms with van der Waals surface area (Å²) >= 11 is 0. The second kappa shape index (κ2) is 13.1. The molecule has 0 aromatic heterocycles. The second-order valence-corrected chi connectivity index (χ2v) is 7.50. The second-order valence-electron chi connectivity index (χ2n) is 7.50. The molecule has 0 bridgehead atoms. The van der Waals surface area contributed by atoms with Crippen LogP contribution < -0.4 is 15.4 Å². The predicted molar refractivity (Wildman–Crippen MR) is 127 cm³/mol. The van der Waals surface area contributed by atoms with Gasteiger partial charge in [-0.15, -0.1) is 37.1 Å². The molecule has 1 saturated heterocycles. The highest BCUT2D eigenvalue weighted by Gasteiger charge is 2.31. The summed E-state index contributed by atoms with van der Waals surface area (Å²) in [6.07, 6.45) is -3.70. The number of guanidine groups is 1. The lowest BCUT2D eigenvalue weighted by Crippen LogP contribution is -2.49. The molecule has 0 radical (unpaired) electrons. The van der Waals surface area contributed by atoms with Crippen LogP contribution in [0.3, 0.4) is 0 Å². The molecule has 1 aliphatic rings. The van der Waals surface area contributed by atoms with Gasteiger partial charge in [-0.1, -0.05) is 24.3 Å². The van der Waals surface area contributed by atoms with Gasteiger partial charge < -0.3 is 20.5 Å². The Bertz CT molecular complexity index is 706. The van der Waals surface area contributed by atoms with E-state index in [2.05, 4.69) is 31.8 Å². The van der Waals surface area contributed by atoms with Gasteiger partial charge >= 0.3 is 6.36 Å². The Balaban J connectivity index is 0.00000480. The Morgan fingerprint density at radius 2 is 1.90 bits per heavy atom. The fourth-order valence-electron chi connectivity index (χ4n) is 3.31. The van der Waals surface area contributed by atoms with Crippen molar-refractivity contribution in [3.8, 4) is 5.75 Å². The summed E-state index contributed by atoms with van der Waals surface area (Å²) in [5, 5.41) is 16.9. The molecular formula is C21H32F3IN4O2. The Morgan fingerprint density at radius 3 is 2.42 bits per heavy atom. The minimum Gasteiger partial charge on any atom is -0.406 e. The lowest BCUT2D eigenvalue weighted by molar-refractivity contribution is -0.274. The molecule has 0 saturated carbocycles. The first-order valence-corrected chi connectivity index (χ1v) is 10.1. The fourth-order valence-corrected chi connectivity index (χ4v) is 3.31. The number of aliphatic hydroxyl groups excluding tert-OH is 1. The van der Waals surface area contributed by atoms with Crippen LogP contribution in [0.15, 0.2) is 41.4 Å². The molecule has 176 valence electrons. The number of benzene rings is 1. The van der Waals surface area contributed by atoms with Gasteiger partial charge in [-0.2, -0.15) is 0 Å². The quantitative estimate of drug-likeness (QED) is 0.197. The zero-order valence-corrected chi connectivity index (χ0v) is 20.2. The van der Waals surface area contributed by atoms with E-state index in [-0.39, 0.29) is 36.3 Å². The first-order valence-electron chi connectivity index (χ1n) is 10.1. The van der Waals surface area contributed by atoms with Crippen molar-refractivity contribution in [1.82, 2.24) is 15.5 Å². The monoisotopic (exact) mass is 556 g/mol. The van der Waals surface area contributed by atoms with E-state index in [1.165, 1.54) is 24.3 Å². The van der Waals surface area contributed by atoms with Crippen molar-refractivity contribution in [3.63, 3.8) is 0 Å². The third-order valence-electron chi connectivity index (χ3n) is 4.69. The van der Waals surface area contributed by atoms with E-state index in [1.54, 1.807) is 0 Å². The van der Waals surface area contributed by atoms with Crippen LogP contribution in [0.1, 0.15) is 38.4 Å². The van der Waals surface area contributed by atoms with E-state index in [1.807, 2.05) is 13.8 Å². The third-order valence-corrected chi connectivity index (χ3v) is 4.69. The summed E-state index contributed by atoms with van der Waals surface area (Å²) < 4.78 is 40.6. The number of nitrogens with one attached hydrogen (secondary N) is 2. The van der Waals surface area contributed by atoms with E-state index < -0.39 is 12.5 Å². The number of halogens is 4. The molecule has 10 heteroatoms. The number of likely N-dealkylation sites (tertiary alicyclic amines) is 1. The van der Waals surface area contributed by atoms with Gasteiger partial charge in [0.15, 0.2) is 5.96 Å². The molecule has 0 spiro atoms. The van der Waals surface area contributed by atoms with Crippen molar-refractivity contribution in [3.05, 3.63) is 42.0 Å². The van der Waals surface area contributed by atoms with Gasteiger partial charge in [0.2, 0.25) is 0 Å². The van der Waals surface area contributed by atoms with Gasteiger partial charge in [-0.25, -0.2) is 0 Å². The first kappa shape index (κ1) is 27.5. The topological polar surface area (TPSA) is 69.1 Å². The van der Waals surface area contributed by atoms with Crippen molar-refractivity contribution >= 4 is 29.9 Å². The summed E-state index contributed by atoms with van der Waals surface area (Å²) in [6, 6.07) is 5.45. The normalized spacial score (nSPS) is 16.9. The van der Waals surface area contributed by atoms with Crippen molar-refractivity contribution in [1.29, 1.82) is 0 Å². The molecule has 0 aliphatic carbocycles. The Kier molecular flexibility index (Phi) is 11.6. The van der Waals surface area contributed by atoms with Crippen LogP contribution in [0.25, 0.3) is 0 Å². The summed E-state index contributed by atoms with van der Waals surface area (Å²) in [5.41, 5.74) is 1.63. The number of aliphatic imine (C=N–C) groups is 1. The largest absolute Gasteiger partial charge is 0.573 e. The average molecular weight is 556 g/mol. The Labute approximate surface area is 199 Å². The number of ether oxygens (including phenoxy) is 1. The van der Waals surface area contributed by atoms with Crippen LogP contribution in [-0.2, 0) is 0 Å². The molecule has 1 atom stereocenters. The highest BCUT2D eigenvalue weighted by Crippen LogP contribution is 2.24. The average Bonchev–Trinajstić information content (AvgIpc) is 2.66. The molecule has 3 N–H and O–H groups in total. The summed E-state index contributed by atoms with van der Waals surface area (Å²) in [6.45, 7) is 11.6. The van der Waals surface area contributed by atoms with Crippen molar-refractivity contribution in [2.24, 2.45) is 4.99 Å². The number of piperidine rings is 1. The van der Waals surface area contributed by atoms with E-state index in [4.69, 9.17) is 0 Å². The van der Waals surface area contributed by atoms with Crippen LogP contribution in [0.4, 0.5) is 13.2 Å². The van der Waals surface area contributed by atoms with Gasteiger partial charge in [-0.3, -0.25) is 9.89 Å². The standard InChI is InChI=1S/C21H31F3N4O2.HI/c1-4-25-20(27-17-9-11-28(12-10-17)14-15(2)3)26-13-19(29)16-5-7-18(8-6-16)30-21(22,23)24;/h5-8,17,19,29H,2,4,9-14H2,1,3H3,(H2,25,26,27);1H. The summed E-state index contributed by atoms with van der Waals surface area (Å²) in [7, 11) is 0. The summed E-state index contributed by atoms with van der Waals surface area (Å²) in [5.74, 6) is 0.293. The predicted octanol–water partition coefficient (Wildman–Crippen LogP) is 3.83. The van der Waals surface area contributed by atoms with Crippen molar-refractivity contribution < 1.29 is 23.0 Å². The van der Waals surface area contributed by atoms with E-state index >= 15 is 0 Å². The number of rotatable bonds is 8. The van der Waals surface area contributed by atoms with Crippen LogP contribution >= 0.6 is 24.0 Å². The van der Waals surface area contributed by atoms with Gasteiger partial charge in [-0.05, 0) is 44.4 Å². The van der Waals surface area contributed by atoms with Crippen LogP contribution in [0.2, 0.25) is 0 Å². The maximum Gasteiger partial charge on any atom is 0.573 e.